The first kappa shape index (κ1) is 25.8. The van der Waals surface area contributed by atoms with Gasteiger partial charge in [0.25, 0.3) is 5.91 Å². The summed E-state index contributed by atoms with van der Waals surface area (Å²) in [4.78, 5) is 26.9. The summed E-state index contributed by atoms with van der Waals surface area (Å²) in [7, 11) is -3.66. The predicted molar refractivity (Wildman–Crippen MR) is 142 cm³/mol. The second kappa shape index (κ2) is 10.8. The Hall–Kier alpha value is -3.27. The van der Waals surface area contributed by atoms with E-state index < -0.39 is 15.9 Å². The van der Waals surface area contributed by atoms with E-state index in [1.54, 1.807) is 48.2 Å². The molecule has 1 aliphatic heterocycles. The maximum Gasteiger partial charge on any atom is 0.255 e. The van der Waals surface area contributed by atoms with Crippen molar-refractivity contribution >= 4 is 38.1 Å². The van der Waals surface area contributed by atoms with E-state index in [1.165, 1.54) is 0 Å². The number of aryl methyl sites for hydroxylation is 1. The monoisotopic (exact) mass is 508 g/mol. The van der Waals surface area contributed by atoms with Crippen LogP contribution in [0.15, 0.2) is 65.6 Å². The molecule has 0 aliphatic carbocycles. The molecule has 0 radical (unpaired) electrons. The Balaban J connectivity index is 1.49. The van der Waals surface area contributed by atoms with Gasteiger partial charge >= 0.3 is 0 Å². The van der Waals surface area contributed by atoms with Crippen LogP contribution in [0.25, 0.3) is 10.8 Å². The molecule has 0 aromatic heterocycles. The predicted octanol–water partition coefficient (Wildman–Crippen LogP) is 3.06. The number of anilines is 1. The molecule has 0 spiro atoms. The van der Waals surface area contributed by atoms with E-state index in [9.17, 15) is 18.0 Å². The van der Waals surface area contributed by atoms with E-state index in [4.69, 9.17) is 5.73 Å². The number of hydrogen-bond donors (Lipinski definition) is 3. The van der Waals surface area contributed by atoms with E-state index in [-0.39, 0.29) is 28.6 Å². The number of sulfone groups is 1. The number of nitrogens with zero attached hydrogens (tertiary/aromatic N) is 1. The second-order valence-corrected chi connectivity index (χ2v) is 11.2. The van der Waals surface area contributed by atoms with Crippen LogP contribution < -0.4 is 16.4 Å². The zero-order chi connectivity index (χ0) is 25.9. The molecule has 1 saturated heterocycles. The minimum atomic E-state index is -3.66. The third-order valence-corrected chi connectivity index (χ3v) is 8.19. The molecule has 3 aromatic rings. The Bertz CT molecular complexity index is 1380. The van der Waals surface area contributed by atoms with Crippen molar-refractivity contribution in [2.75, 3.05) is 24.3 Å². The molecule has 1 fully saturated rings. The summed E-state index contributed by atoms with van der Waals surface area (Å²) in [5, 5.41) is 7.31. The fourth-order valence-electron chi connectivity index (χ4n) is 4.57. The normalized spacial score (nSPS) is 15.6. The molecule has 1 heterocycles. The van der Waals surface area contributed by atoms with Crippen molar-refractivity contribution in [1.82, 2.24) is 10.2 Å². The molecular formula is C27H32N4O4S. The van der Waals surface area contributed by atoms with Crippen molar-refractivity contribution in [1.29, 1.82) is 0 Å². The molecule has 4 rings (SSSR count). The third-order valence-electron chi connectivity index (χ3n) is 6.62. The highest BCUT2D eigenvalue weighted by Gasteiger charge is 2.26. The van der Waals surface area contributed by atoms with Gasteiger partial charge in [-0.05, 0) is 50.5 Å². The van der Waals surface area contributed by atoms with E-state index in [0.717, 1.165) is 5.56 Å². The Morgan fingerprint density at radius 1 is 1.00 bits per heavy atom. The maximum atomic E-state index is 13.3. The average Bonchev–Trinajstić information content (AvgIpc) is 2.87. The number of piperidine rings is 1. The topological polar surface area (TPSA) is 122 Å². The largest absolute Gasteiger partial charge is 0.341 e. The summed E-state index contributed by atoms with van der Waals surface area (Å²) in [6, 6.07) is 17.1. The number of benzene rings is 3. The van der Waals surface area contributed by atoms with Gasteiger partial charge in [0.1, 0.15) is 5.88 Å². The first-order valence-electron chi connectivity index (χ1n) is 12.1. The lowest BCUT2D eigenvalue weighted by Crippen LogP contribution is -2.49. The van der Waals surface area contributed by atoms with Crippen molar-refractivity contribution in [3.63, 3.8) is 0 Å². The van der Waals surface area contributed by atoms with E-state index >= 15 is 0 Å². The number of amides is 2. The van der Waals surface area contributed by atoms with Crippen LogP contribution in [0, 0.1) is 6.92 Å². The molecule has 3 aromatic carbocycles. The SMILES string of the molecule is Cc1ccccc1C(=O)Nc1ccc(S(=O)(=O)CNC2CCN(C(=O)[C@H](C)N)CC2)c2ccccc12. The van der Waals surface area contributed by atoms with E-state index in [1.807, 2.05) is 31.2 Å². The fraction of sp³-hybridized carbons (Fsp3) is 0.333. The van der Waals surface area contributed by atoms with Gasteiger partial charge in [0.15, 0.2) is 9.84 Å². The Kier molecular flexibility index (Phi) is 7.73. The first-order valence-corrected chi connectivity index (χ1v) is 13.7. The Morgan fingerprint density at radius 3 is 2.31 bits per heavy atom. The van der Waals surface area contributed by atoms with Crippen molar-refractivity contribution in [2.24, 2.45) is 5.73 Å². The van der Waals surface area contributed by atoms with Gasteiger partial charge in [-0.15, -0.1) is 0 Å². The molecule has 1 atom stereocenters. The van der Waals surface area contributed by atoms with Crippen LogP contribution in [-0.2, 0) is 14.6 Å². The highest BCUT2D eigenvalue weighted by molar-refractivity contribution is 7.91. The quantitative estimate of drug-likeness (QED) is 0.451. The van der Waals surface area contributed by atoms with Gasteiger partial charge in [0.05, 0.1) is 10.9 Å². The second-order valence-electron chi connectivity index (χ2n) is 9.28. The summed E-state index contributed by atoms with van der Waals surface area (Å²) < 4.78 is 26.6. The standard InChI is InChI=1S/C27H32N4O4S/c1-18-7-3-4-8-21(18)26(32)30-24-11-12-25(23-10-6-5-9-22(23)24)36(34,35)17-29-20-13-15-31(16-14-20)27(33)19(2)28/h3-12,19-20,29H,13-17,28H2,1-2H3,(H,30,32)/t19-/m0/s1. The van der Waals surface area contributed by atoms with Gasteiger partial charge in [0.2, 0.25) is 5.91 Å². The molecule has 9 heteroatoms. The van der Waals surface area contributed by atoms with Crippen LogP contribution >= 0.6 is 0 Å². The van der Waals surface area contributed by atoms with Gasteiger partial charge in [-0.2, -0.15) is 0 Å². The van der Waals surface area contributed by atoms with Gasteiger partial charge in [-0.3, -0.25) is 9.59 Å². The summed E-state index contributed by atoms with van der Waals surface area (Å²) in [5.74, 6) is -0.538. The van der Waals surface area contributed by atoms with Crippen LogP contribution in [-0.4, -0.2) is 56.2 Å². The average molecular weight is 509 g/mol. The van der Waals surface area contributed by atoms with Crippen molar-refractivity contribution < 1.29 is 18.0 Å². The van der Waals surface area contributed by atoms with Crippen LogP contribution in [0.3, 0.4) is 0 Å². The molecule has 0 bridgehead atoms. The number of fused-ring (bicyclic) bond motifs is 1. The van der Waals surface area contributed by atoms with Gasteiger partial charge < -0.3 is 21.3 Å². The van der Waals surface area contributed by atoms with Gasteiger partial charge in [0, 0.05) is 41.2 Å². The number of nitrogens with two attached hydrogens (primary N) is 1. The highest BCUT2D eigenvalue weighted by Crippen LogP contribution is 2.30. The lowest BCUT2D eigenvalue weighted by molar-refractivity contribution is -0.133. The molecule has 36 heavy (non-hydrogen) atoms. The van der Waals surface area contributed by atoms with E-state index in [0.29, 0.717) is 48.0 Å². The minimum Gasteiger partial charge on any atom is -0.341 e. The number of hydrogen-bond acceptors (Lipinski definition) is 6. The molecule has 0 unspecified atom stereocenters. The number of likely N-dealkylation sites (tertiary alicyclic amines) is 1. The van der Waals surface area contributed by atoms with Crippen LogP contribution in [0.4, 0.5) is 5.69 Å². The van der Waals surface area contributed by atoms with Crippen molar-refractivity contribution in [3.8, 4) is 0 Å². The molecule has 2 amide bonds. The number of rotatable bonds is 7. The fourth-order valence-corrected chi connectivity index (χ4v) is 5.97. The maximum absolute atomic E-state index is 13.3. The molecule has 0 saturated carbocycles. The third kappa shape index (κ3) is 5.59. The highest BCUT2D eigenvalue weighted by atomic mass is 32.2. The summed E-state index contributed by atoms with van der Waals surface area (Å²) >= 11 is 0. The minimum absolute atomic E-state index is 0.00385. The number of carbonyl (C=O) groups is 2. The van der Waals surface area contributed by atoms with Crippen LogP contribution in [0.1, 0.15) is 35.7 Å². The molecule has 190 valence electrons. The number of carbonyl (C=O) groups excluding carboxylic acids is 2. The smallest absolute Gasteiger partial charge is 0.255 e. The zero-order valence-electron chi connectivity index (χ0n) is 20.5. The number of nitrogens with one attached hydrogen (secondary N) is 2. The van der Waals surface area contributed by atoms with E-state index in [2.05, 4.69) is 10.6 Å². The van der Waals surface area contributed by atoms with Crippen LogP contribution in [0.2, 0.25) is 0 Å². The van der Waals surface area contributed by atoms with Crippen molar-refractivity contribution in [3.05, 3.63) is 71.8 Å². The lowest BCUT2D eigenvalue weighted by atomic mass is 10.0. The summed E-state index contributed by atoms with van der Waals surface area (Å²) in [5.41, 5.74) is 7.67. The van der Waals surface area contributed by atoms with Crippen molar-refractivity contribution in [2.45, 2.75) is 43.7 Å². The summed E-state index contributed by atoms with van der Waals surface area (Å²) in [6.45, 7) is 4.64. The molecule has 8 nitrogen and oxygen atoms in total. The van der Waals surface area contributed by atoms with Gasteiger partial charge in [-0.25, -0.2) is 8.42 Å². The Labute approximate surface area is 211 Å². The van der Waals surface area contributed by atoms with Crippen LogP contribution in [0.5, 0.6) is 0 Å². The summed E-state index contributed by atoms with van der Waals surface area (Å²) in [6.07, 6.45) is 1.33. The van der Waals surface area contributed by atoms with Gasteiger partial charge in [-0.1, -0.05) is 42.5 Å². The molecule has 1 aliphatic rings. The first-order chi connectivity index (χ1) is 17.2. The lowest BCUT2D eigenvalue weighted by Gasteiger charge is -2.33. The molecular weight excluding hydrogens is 476 g/mol. The Morgan fingerprint density at radius 2 is 1.64 bits per heavy atom. The zero-order valence-corrected chi connectivity index (χ0v) is 21.3. The molecule has 4 N–H and O–H groups in total.